The number of ether oxygens (including phenoxy) is 1. The van der Waals surface area contributed by atoms with Crippen LogP contribution in [0.1, 0.15) is 26.2 Å². The molecule has 1 amide bonds. The van der Waals surface area contributed by atoms with Crippen LogP contribution in [-0.2, 0) is 4.79 Å². The molecule has 1 atom stereocenters. The SMILES string of the molecule is CN1CC/C=C/CCC1.COc1cc2c(-c3cnn4cc(N5CC(C)C5=O)cnc34)ccnc2cc1F. The van der Waals surface area contributed by atoms with Gasteiger partial charge in [-0.15, -0.1) is 0 Å². The number of benzene rings is 1. The lowest BCUT2D eigenvalue weighted by molar-refractivity contribution is -0.126. The molecule has 1 aromatic carbocycles. The number of nitrogens with zero attached hydrogens (tertiary/aromatic N) is 6. The lowest BCUT2D eigenvalue weighted by atomic mass is 10.0. The molecular weight excluding hydrogens is 471 g/mol. The highest BCUT2D eigenvalue weighted by Gasteiger charge is 2.34. The summed E-state index contributed by atoms with van der Waals surface area (Å²) in [5.41, 5.74) is 3.49. The van der Waals surface area contributed by atoms with Gasteiger partial charge in [0.15, 0.2) is 17.2 Å². The molecule has 1 unspecified atom stereocenters. The van der Waals surface area contributed by atoms with Gasteiger partial charge in [-0.05, 0) is 50.6 Å². The van der Waals surface area contributed by atoms with Crippen molar-refractivity contribution in [1.82, 2.24) is 24.5 Å². The Morgan fingerprint density at radius 2 is 1.92 bits per heavy atom. The summed E-state index contributed by atoms with van der Waals surface area (Å²) in [5, 5.41) is 5.14. The van der Waals surface area contributed by atoms with Crippen LogP contribution in [0.2, 0.25) is 0 Å². The minimum atomic E-state index is -0.462. The van der Waals surface area contributed by atoms with Crippen molar-refractivity contribution in [1.29, 1.82) is 0 Å². The third-order valence-corrected chi connectivity index (χ3v) is 6.86. The van der Waals surface area contributed by atoms with Crippen molar-refractivity contribution in [2.75, 3.05) is 38.7 Å². The molecule has 0 N–H and O–H groups in total. The zero-order valence-corrected chi connectivity index (χ0v) is 21.4. The number of carbonyl (C=O) groups is 1. The fourth-order valence-electron chi connectivity index (χ4n) is 4.68. The molecule has 1 fully saturated rings. The predicted octanol–water partition coefficient (Wildman–Crippen LogP) is 4.73. The molecule has 192 valence electrons. The predicted molar refractivity (Wildman–Crippen MR) is 142 cm³/mol. The van der Waals surface area contributed by atoms with Crippen LogP contribution in [-0.4, -0.2) is 64.2 Å². The molecule has 1 saturated heterocycles. The average Bonchev–Trinajstić information content (AvgIpc) is 3.31. The van der Waals surface area contributed by atoms with Gasteiger partial charge in [0.05, 0.1) is 42.8 Å². The minimum Gasteiger partial charge on any atom is -0.494 e. The molecule has 9 heteroatoms. The van der Waals surface area contributed by atoms with E-state index in [0.29, 0.717) is 23.4 Å². The Morgan fingerprint density at radius 1 is 1.08 bits per heavy atom. The van der Waals surface area contributed by atoms with Crippen LogP contribution in [0.25, 0.3) is 27.7 Å². The maximum atomic E-state index is 14.0. The lowest BCUT2D eigenvalue weighted by Crippen LogP contribution is -2.51. The normalized spacial score (nSPS) is 19.1. The van der Waals surface area contributed by atoms with Gasteiger partial charge in [-0.2, -0.15) is 5.10 Å². The number of β-lactam (4-membered cyclic amide) rings is 1. The molecule has 0 aliphatic carbocycles. The maximum Gasteiger partial charge on any atom is 0.231 e. The number of amides is 1. The number of fused-ring (bicyclic) bond motifs is 2. The number of pyridine rings is 1. The third kappa shape index (κ3) is 5.04. The molecule has 0 saturated carbocycles. The monoisotopic (exact) mass is 502 g/mol. The van der Waals surface area contributed by atoms with Gasteiger partial charge >= 0.3 is 0 Å². The van der Waals surface area contributed by atoms with Gasteiger partial charge in [0.25, 0.3) is 0 Å². The molecule has 5 heterocycles. The smallest absolute Gasteiger partial charge is 0.231 e. The summed E-state index contributed by atoms with van der Waals surface area (Å²) < 4.78 is 20.8. The first-order chi connectivity index (χ1) is 18.0. The highest BCUT2D eigenvalue weighted by Crippen LogP contribution is 2.34. The summed E-state index contributed by atoms with van der Waals surface area (Å²) in [5.74, 6) is -0.181. The number of hydrogen-bond acceptors (Lipinski definition) is 6. The second kappa shape index (κ2) is 10.6. The molecular formula is C28H31FN6O2. The Kier molecular flexibility index (Phi) is 7.14. The van der Waals surface area contributed by atoms with Crippen LogP contribution >= 0.6 is 0 Å². The van der Waals surface area contributed by atoms with E-state index in [1.165, 1.54) is 45.5 Å². The van der Waals surface area contributed by atoms with Crippen molar-refractivity contribution >= 4 is 28.1 Å². The van der Waals surface area contributed by atoms with Crippen molar-refractivity contribution in [2.45, 2.75) is 26.2 Å². The first-order valence-electron chi connectivity index (χ1n) is 12.6. The number of rotatable bonds is 3. The maximum absolute atomic E-state index is 14.0. The standard InChI is InChI=1S/C20H16FN5O2.C8H15N/c1-11-9-25(20(11)27)12-7-23-19-15(8-24-26(19)10-12)13-3-4-22-17-6-16(21)18(28-2)5-14(13)17;1-9-7-5-3-2-4-6-8-9/h3-8,10-11H,9H2,1-2H3;2-3H,4-8H2,1H3/b;3-2+. The minimum absolute atomic E-state index is 0.0439. The van der Waals surface area contributed by atoms with Gasteiger partial charge in [-0.3, -0.25) is 9.78 Å². The van der Waals surface area contributed by atoms with Crippen molar-refractivity contribution < 1.29 is 13.9 Å². The third-order valence-electron chi connectivity index (χ3n) is 6.86. The van der Waals surface area contributed by atoms with E-state index in [4.69, 9.17) is 4.74 Å². The zero-order valence-electron chi connectivity index (χ0n) is 21.4. The highest BCUT2D eigenvalue weighted by atomic mass is 19.1. The van der Waals surface area contributed by atoms with Crippen LogP contribution < -0.4 is 9.64 Å². The van der Waals surface area contributed by atoms with Crippen LogP contribution in [0, 0.1) is 11.7 Å². The molecule has 8 nitrogen and oxygen atoms in total. The second-order valence-corrected chi connectivity index (χ2v) is 9.56. The van der Waals surface area contributed by atoms with Gasteiger partial charge in [0, 0.05) is 36.3 Å². The van der Waals surface area contributed by atoms with Crippen LogP contribution in [0.3, 0.4) is 0 Å². The van der Waals surface area contributed by atoms with E-state index in [2.05, 4.69) is 39.2 Å². The molecule has 2 aliphatic rings. The van der Waals surface area contributed by atoms with Gasteiger partial charge in [-0.1, -0.05) is 19.1 Å². The number of allylic oxidation sites excluding steroid dienone is 1. The van der Waals surface area contributed by atoms with Gasteiger partial charge in [-0.25, -0.2) is 13.9 Å². The molecule has 0 radical (unpaired) electrons. The van der Waals surface area contributed by atoms with Gasteiger partial charge in [0.1, 0.15) is 0 Å². The van der Waals surface area contributed by atoms with Gasteiger partial charge in [0.2, 0.25) is 5.91 Å². The molecule has 0 bridgehead atoms. The van der Waals surface area contributed by atoms with Crippen molar-refractivity contribution in [3.05, 3.63) is 61.0 Å². The first kappa shape index (κ1) is 24.8. The number of carbonyl (C=O) groups excluding carboxylic acids is 1. The van der Waals surface area contributed by atoms with Crippen LogP contribution in [0.15, 0.2) is 55.1 Å². The number of halogens is 1. The summed E-state index contributed by atoms with van der Waals surface area (Å²) >= 11 is 0. The Morgan fingerprint density at radius 3 is 2.70 bits per heavy atom. The van der Waals surface area contributed by atoms with Gasteiger partial charge < -0.3 is 14.5 Å². The summed E-state index contributed by atoms with van der Waals surface area (Å²) in [6.45, 7) is 5.09. The number of anilines is 1. The van der Waals surface area contributed by atoms with E-state index in [-0.39, 0.29) is 17.6 Å². The van der Waals surface area contributed by atoms with Crippen LogP contribution in [0.4, 0.5) is 10.1 Å². The van der Waals surface area contributed by atoms with E-state index in [0.717, 1.165) is 16.5 Å². The summed E-state index contributed by atoms with van der Waals surface area (Å²) in [6, 6.07) is 4.82. The first-order valence-corrected chi connectivity index (χ1v) is 12.6. The molecule has 6 rings (SSSR count). The van der Waals surface area contributed by atoms with Crippen molar-refractivity contribution in [3.63, 3.8) is 0 Å². The van der Waals surface area contributed by atoms with E-state index in [9.17, 15) is 9.18 Å². The molecule has 3 aromatic heterocycles. The summed E-state index contributed by atoms with van der Waals surface area (Å²) in [7, 11) is 3.62. The van der Waals surface area contributed by atoms with E-state index in [1.807, 2.05) is 13.0 Å². The Labute approximate surface area is 215 Å². The second-order valence-electron chi connectivity index (χ2n) is 9.56. The lowest BCUT2D eigenvalue weighted by Gasteiger charge is -2.35. The number of aromatic nitrogens is 4. The average molecular weight is 503 g/mol. The number of hydrogen-bond donors (Lipinski definition) is 0. The van der Waals surface area contributed by atoms with Crippen molar-refractivity contribution in [3.8, 4) is 16.9 Å². The fraction of sp³-hybridized carbons (Fsp3) is 0.357. The summed E-state index contributed by atoms with van der Waals surface area (Å²) in [4.78, 5) is 24.8. The zero-order chi connectivity index (χ0) is 25.9. The fourth-order valence-corrected chi connectivity index (χ4v) is 4.68. The van der Waals surface area contributed by atoms with Crippen LogP contribution in [0.5, 0.6) is 5.75 Å². The highest BCUT2D eigenvalue weighted by molar-refractivity contribution is 6.01. The Bertz CT molecular complexity index is 1470. The Balaban J connectivity index is 0.000000265. The molecule has 4 aromatic rings. The van der Waals surface area contributed by atoms with E-state index >= 15 is 0 Å². The summed E-state index contributed by atoms with van der Waals surface area (Å²) in [6.07, 6.45) is 15.2. The Hall–Kier alpha value is -3.85. The topological polar surface area (TPSA) is 75.9 Å². The molecule has 0 spiro atoms. The molecule has 2 aliphatic heterocycles. The number of methoxy groups -OCH3 is 1. The van der Waals surface area contributed by atoms with Crippen molar-refractivity contribution in [2.24, 2.45) is 5.92 Å². The quantitative estimate of drug-likeness (QED) is 0.298. The van der Waals surface area contributed by atoms with E-state index in [1.54, 1.807) is 40.3 Å². The van der Waals surface area contributed by atoms with E-state index < -0.39 is 5.82 Å². The largest absolute Gasteiger partial charge is 0.494 e. The molecule has 37 heavy (non-hydrogen) atoms.